The number of rotatable bonds is 6. The molecular formula is C63H65BN4. The van der Waals surface area contributed by atoms with Crippen LogP contribution in [0.1, 0.15) is 105 Å². The molecule has 5 heteroatoms. The highest BCUT2D eigenvalue weighted by Gasteiger charge is 2.44. The molecule has 68 heavy (non-hydrogen) atoms. The van der Waals surface area contributed by atoms with Crippen molar-refractivity contribution in [3.8, 4) is 11.1 Å². The standard InChI is InChI=1S/C63H65BN4/c1-60(2,3)43-26-32-48(33-27-43)66-54-38-31-46(63(10,11)12)41-52(54)64-51-36-39-57(65-59(51)68(47-22-17-14-18-23-47)56-25-19-24-55(66)58(56)64)67(49-34-28-44(29-35-49)61(4,5)6)53-37-30-45(62(7,8)9)40-50(53)42-20-15-13-16-21-42/h13-41H,1-12H3. The SMILES string of the molecule is CC(C)(C)c1ccc(N(c2ccc3c(n2)N(c2ccccc2)c2cccc4c2B3c2cc(C(C)(C)C)ccc2N4c2ccc(C(C)(C)C)cc2)c2ccc(C(C)(C)C)cc2-c2ccccc2)cc1. The summed E-state index contributed by atoms with van der Waals surface area (Å²) in [5, 5.41) is 0. The molecule has 8 aromatic rings. The molecule has 0 saturated carbocycles. The first-order valence-corrected chi connectivity index (χ1v) is 24.4. The molecule has 0 N–H and O–H groups in total. The Bertz CT molecular complexity index is 3150. The van der Waals surface area contributed by atoms with Crippen LogP contribution in [0.4, 0.5) is 51.4 Å². The van der Waals surface area contributed by atoms with E-state index in [0.717, 1.165) is 40.1 Å². The lowest BCUT2D eigenvalue weighted by Gasteiger charge is -2.44. The van der Waals surface area contributed by atoms with E-state index in [1.54, 1.807) is 0 Å². The molecule has 4 nitrogen and oxygen atoms in total. The Balaban J connectivity index is 1.25. The lowest BCUT2D eigenvalue weighted by atomic mass is 9.33. The van der Waals surface area contributed by atoms with Gasteiger partial charge in [-0.1, -0.05) is 186 Å². The second-order valence-electron chi connectivity index (χ2n) is 23.0. The molecular weight excluding hydrogens is 824 g/mol. The van der Waals surface area contributed by atoms with Gasteiger partial charge in [-0.3, -0.25) is 9.80 Å². The molecule has 1 aromatic heterocycles. The Morgan fingerprint density at radius 2 is 0.926 bits per heavy atom. The minimum Gasteiger partial charge on any atom is -0.311 e. The van der Waals surface area contributed by atoms with Gasteiger partial charge in [-0.15, -0.1) is 0 Å². The van der Waals surface area contributed by atoms with Crippen LogP contribution < -0.4 is 31.1 Å². The number of hydrogen-bond donors (Lipinski definition) is 0. The minimum absolute atomic E-state index is 0.00795. The van der Waals surface area contributed by atoms with E-state index in [1.165, 1.54) is 61.1 Å². The largest absolute Gasteiger partial charge is 0.311 e. The van der Waals surface area contributed by atoms with Gasteiger partial charge < -0.3 is 4.90 Å². The van der Waals surface area contributed by atoms with Gasteiger partial charge in [0.1, 0.15) is 11.6 Å². The van der Waals surface area contributed by atoms with Crippen molar-refractivity contribution in [3.63, 3.8) is 0 Å². The third-order valence-electron chi connectivity index (χ3n) is 14.1. The fourth-order valence-corrected chi connectivity index (χ4v) is 10.2. The van der Waals surface area contributed by atoms with E-state index in [1.807, 2.05) is 0 Å². The number of aromatic nitrogens is 1. The first kappa shape index (κ1) is 45.0. The summed E-state index contributed by atoms with van der Waals surface area (Å²) in [6.45, 7) is 27.5. The molecule has 0 radical (unpaired) electrons. The zero-order chi connectivity index (χ0) is 47.9. The van der Waals surface area contributed by atoms with E-state index in [2.05, 4.69) is 274 Å². The van der Waals surface area contributed by atoms with Crippen LogP contribution in [0.25, 0.3) is 11.1 Å². The predicted octanol–water partition coefficient (Wildman–Crippen LogP) is 15.5. The maximum atomic E-state index is 5.94. The van der Waals surface area contributed by atoms with Crippen molar-refractivity contribution in [2.24, 2.45) is 0 Å². The third-order valence-corrected chi connectivity index (χ3v) is 14.1. The van der Waals surface area contributed by atoms with Gasteiger partial charge >= 0.3 is 0 Å². The summed E-state index contributed by atoms with van der Waals surface area (Å²) in [6.07, 6.45) is 0. The van der Waals surface area contributed by atoms with Crippen LogP contribution >= 0.6 is 0 Å². The number of hydrogen-bond acceptors (Lipinski definition) is 4. The van der Waals surface area contributed by atoms with E-state index in [-0.39, 0.29) is 28.4 Å². The highest BCUT2D eigenvalue weighted by molar-refractivity contribution is 7.00. The van der Waals surface area contributed by atoms with E-state index >= 15 is 0 Å². The van der Waals surface area contributed by atoms with Crippen molar-refractivity contribution in [2.75, 3.05) is 14.7 Å². The molecule has 0 unspecified atom stereocenters. The first-order valence-electron chi connectivity index (χ1n) is 24.4. The van der Waals surface area contributed by atoms with E-state index < -0.39 is 0 Å². The average Bonchev–Trinajstić information content (AvgIpc) is 3.31. The fourth-order valence-electron chi connectivity index (χ4n) is 10.2. The molecule has 0 spiro atoms. The van der Waals surface area contributed by atoms with Gasteiger partial charge in [0, 0.05) is 39.7 Å². The van der Waals surface area contributed by atoms with Gasteiger partial charge in [0.05, 0.1) is 5.69 Å². The number of para-hydroxylation sites is 1. The topological polar surface area (TPSA) is 22.6 Å². The Labute approximate surface area is 406 Å². The van der Waals surface area contributed by atoms with E-state index in [0.29, 0.717) is 0 Å². The van der Waals surface area contributed by atoms with Crippen LogP contribution in [-0.2, 0) is 21.7 Å². The summed E-state index contributed by atoms with van der Waals surface area (Å²) in [5.41, 5.74) is 19.2. The van der Waals surface area contributed by atoms with Gasteiger partial charge in [0.25, 0.3) is 6.71 Å². The molecule has 3 heterocycles. The highest BCUT2D eigenvalue weighted by Crippen LogP contribution is 2.47. The summed E-state index contributed by atoms with van der Waals surface area (Å²) in [7, 11) is 0. The summed E-state index contributed by atoms with van der Waals surface area (Å²) >= 11 is 0. The van der Waals surface area contributed by atoms with Crippen molar-refractivity contribution in [2.45, 2.75) is 105 Å². The highest BCUT2D eigenvalue weighted by atomic mass is 15.3. The predicted molar refractivity (Wildman–Crippen MR) is 293 cm³/mol. The minimum atomic E-state index is -0.0643. The van der Waals surface area contributed by atoms with Gasteiger partial charge in [0.15, 0.2) is 0 Å². The van der Waals surface area contributed by atoms with Crippen LogP contribution in [0.15, 0.2) is 176 Å². The van der Waals surface area contributed by atoms with Crippen LogP contribution in [0, 0.1) is 0 Å². The van der Waals surface area contributed by atoms with Crippen LogP contribution in [-0.4, -0.2) is 11.7 Å². The molecule has 7 aromatic carbocycles. The molecule has 2 aliphatic rings. The third kappa shape index (κ3) is 8.00. The number of anilines is 9. The summed E-state index contributed by atoms with van der Waals surface area (Å²) in [4.78, 5) is 13.2. The number of benzene rings is 7. The molecule has 2 aliphatic heterocycles. The molecule has 10 rings (SSSR count). The lowest BCUT2D eigenvalue weighted by Crippen LogP contribution is -2.61. The van der Waals surface area contributed by atoms with Crippen LogP contribution in [0.3, 0.4) is 0 Å². The van der Waals surface area contributed by atoms with Crippen LogP contribution in [0.2, 0.25) is 0 Å². The number of fused-ring (bicyclic) bond motifs is 4. The van der Waals surface area contributed by atoms with Crippen molar-refractivity contribution in [1.29, 1.82) is 0 Å². The van der Waals surface area contributed by atoms with Crippen molar-refractivity contribution in [1.82, 2.24) is 4.98 Å². The molecule has 0 aliphatic carbocycles. The molecule has 0 bridgehead atoms. The molecule has 0 atom stereocenters. The summed E-state index contributed by atoms with van der Waals surface area (Å²) < 4.78 is 0. The molecule has 340 valence electrons. The second kappa shape index (κ2) is 16.4. The average molecular weight is 889 g/mol. The molecule has 0 fully saturated rings. The Kier molecular flexibility index (Phi) is 10.9. The number of pyridine rings is 1. The van der Waals surface area contributed by atoms with Crippen molar-refractivity contribution in [3.05, 3.63) is 198 Å². The van der Waals surface area contributed by atoms with Crippen molar-refractivity contribution >= 4 is 74.5 Å². The first-order chi connectivity index (χ1) is 32.3. The Hall–Kier alpha value is -6.85. The van der Waals surface area contributed by atoms with Gasteiger partial charge in [0.2, 0.25) is 0 Å². The fraction of sp³-hybridized carbons (Fsp3) is 0.254. The smallest absolute Gasteiger partial charge is 0.254 e. The molecule has 0 saturated heterocycles. The number of nitrogens with zero attached hydrogens (tertiary/aromatic N) is 4. The van der Waals surface area contributed by atoms with Gasteiger partial charge in [-0.25, -0.2) is 4.98 Å². The Morgan fingerprint density at radius 1 is 0.412 bits per heavy atom. The normalized spacial score (nSPS) is 13.5. The maximum absolute atomic E-state index is 5.94. The summed E-state index contributed by atoms with van der Waals surface area (Å²) in [5.74, 6) is 1.79. The summed E-state index contributed by atoms with van der Waals surface area (Å²) in [6, 6.07) is 65.7. The van der Waals surface area contributed by atoms with Gasteiger partial charge in [-0.2, -0.15) is 0 Å². The van der Waals surface area contributed by atoms with Crippen LogP contribution in [0.5, 0.6) is 0 Å². The monoisotopic (exact) mass is 889 g/mol. The zero-order valence-corrected chi connectivity index (χ0v) is 42.1. The zero-order valence-electron chi connectivity index (χ0n) is 42.1. The quantitative estimate of drug-likeness (QED) is 0.155. The second-order valence-corrected chi connectivity index (χ2v) is 23.0. The lowest BCUT2D eigenvalue weighted by molar-refractivity contribution is 0.590. The maximum Gasteiger partial charge on any atom is 0.254 e. The van der Waals surface area contributed by atoms with Gasteiger partial charge in [-0.05, 0) is 139 Å². The van der Waals surface area contributed by atoms with Crippen molar-refractivity contribution < 1.29 is 0 Å². The Morgan fingerprint density at radius 3 is 1.53 bits per heavy atom. The van der Waals surface area contributed by atoms with E-state index in [9.17, 15) is 0 Å². The van der Waals surface area contributed by atoms with E-state index in [4.69, 9.17) is 4.98 Å². The molecule has 0 amide bonds.